The quantitative estimate of drug-likeness (QED) is 0.870. The topological polar surface area (TPSA) is 51.8 Å². The predicted octanol–water partition coefficient (Wildman–Crippen LogP) is 3.71. The van der Waals surface area contributed by atoms with E-state index < -0.39 is 0 Å². The van der Waals surface area contributed by atoms with Gasteiger partial charge in [-0.15, -0.1) is 10.2 Å². The summed E-state index contributed by atoms with van der Waals surface area (Å²) >= 11 is 3.11. The van der Waals surface area contributed by atoms with Gasteiger partial charge in [-0.05, 0) is 16.5 Å². The molecule has 3 nitrogen and oxygen atoms in total. The summed E-state index contributed by atoms with van der Waals surface area (Å²) < 4.78 is 0.924. The van der Waals surface area contributed by atoms with Gasteiger partial charge in [-0.3, -0.25) is 0 Å². The number of nitrogens with two attached hydrogens (primary N) is 1. The number of nitrogen functional groups attached to an aromatic ring is 1. The van der Waals surface area contributed by atoms with Crippen molar-refractivity contribution in [3.05, 3.63) is 35.4 Å². The summed E-state index contributed by atoms with van der Waals surface area (Å²) in [5.41, 5.74) is 8.41. The molecule has 0 spiro atoms. The first-order valence-corrected chi connectivity index (χ1v) is 7.56. The fourth-order valence-corrected chi connectivity index (χ4v) is 3.12. The van der Waals surface area contributed by atoms with Gasteiger partial charge in [0.15, 0.2) is 4.34 Å². The van der Waals surface area contributed by atoms with Crippen LogP contribution in [0, 0.1) is 0 Å². The van der Waals surface area contributed by atoms with Gasteiger partial charge in [0.25, 0.3) is 0 Å². The van der Waals surface area contributed by atoms with E-state index in [9.17, 15) is 0 Å². The van der Waals surface area contributed by atoms with Crippen LogP contribution >= 0.6 is 23.1 Å². The molecule has 0 amide bonds. The molecule has 96 valence electrons. The Kier molecular flexibility index (Phi) is 3.92. The number of hydrogen-bond acceptors (Lipinski definition) is 5. The molecule has 0 atom stereocenters. The molecule has 2 N–H and O–H groups in total. The highest BCUT2D eigenvalue weighted by molar-refractivity contribution is 8.00. The van der Waals surface area contributed by atoms with Crippen LogP contribution in [0.15, 0.2) is 28.6 Å². The molecule has 0 fully saturated rings. The van der Waals surface area contributed by atoms with Crippen LogP contribution in [0.5, 0.6) is 0 Å². The van der Waals surface area contributed by atoms with E-state index >= 15 is 0 Å². The minimum absolute atomic E-state index is 0.208. The molecule has 5 heteroatoms. The van der Waals surface area contributed by atoms with Crippen molar-refractivity contribution in [1.82, 2.24) is 10.2 Å². The molecule has 0 saturated heterocycles. The molecule has 0 saturated carbocycles. The molecule has 0 bridgehead atoms. The summed E-state index contributed by atoms with van der Waals surface area (Å²) in [6.45, 7) is 6.67. The lowest BCUT2D eigenvalue weighted by Crippen LogP contribution is -2.10. The Morgan fingerprint density at radius 1 is 1.17 bits per heavy atom. The van der Waals surface area contributed by atoms with Crippen LogP contribution in [0.2, 0.25) is 0 Å². The average molecular weight is 279 g/mol. The summed E-state index contributed by atoms with van der Waals surface area (Å²) in [5, 5.41) is 8.32. The highest BCUT2D eigenvalue weighted by Crippen LogP contribution is 2.28. The van der Waals surface area contributed by atoms with Gasteiger partial charge in [-0.1, -0.05) is 68.1 Å². The maximum absolute atomic E-state index is 5.55. The first-order valence-electron chi connectivity index (χ1n) is 5.76. The summed E-state index contributed by atoms with van der Waals surface area (Å²) in [6, 6.07) is 8.75. The fourth-order valence-electron chi connectivity index (χ4n) is 1.52. The molecular formula is C13H17N3S2. The Balaban J connectivity index is 1.98. The zero-order chi connectivity index (χ0) is 13.2. The Morgan fingerprint density at radius 2 is 1.83 bits per heavy atom. The van der Waals surface area contributed by atoms with Gasteiger partial charge >= 0.3 is 0 Å². The lowest BCUT2D eigenvalue weighted by molar-refractivity contribution is 0.590. The van der Waals surface area contributed by atoms with E-state index in [4.69, 9.17) is 5.73 Å². The molecule has 0 aliphatic rings. The number of anilines is 1. The molecule has 0 aliphatic carbocycles. The first kappa shape index (κ1) is 13.4. The predicted molar refractivity (Wildman–Crippen MR) is 79.0 cm³/mol. The van der Waals surface area contributed by atoms with Crippen molar-refractivity contribution in [2.24, 2.45) is 0 Å². The van der Waals surface area contributed by atoms with Crippen LogP contribution in [0.25, 0.3) is 0 Å². The maximum atomic E-state index is 5.55. The Labute approximate surface area is 116 Å². The van der Waals surface area contributed by atoms with Crippen molar-refractivity contribution < 1.29 is 0 Å². The third-order valence-corrected chi connectivity index (χ3v) is 4.56. The maximum Gasteiger partial charge on any atom is 0.203 e. The second-order valence-corrected chi connectivity index (χ2v) is 7.37. The largest absolute Gasteiger partial charge is 0.374 e. The molecule has 0 radical (unpaired) electrons. The van der Waals surface area contributed by atoms with Crippen molar-refractivity contribution in [3.8, 4) is 0 Å². The van der Waals surface area contributed by atoms with Gasteiger partial charge in [-0.2, -0.15) is 0 Å². The number of thioether (sulfide) groups is 1. The van der Waals surface area contributed by atoms with Gasteiger partial charge in [0.1, 0.15) is 0 Å². The van der Waals surface area contributed by atoms with Crippen molar-refractivity contribution in [2.75, 3.05) is 5.73 Å². The summed E-state index contributed by atoms with van der Waals surface area (Å²) in [5.74, 6) is 0.902. The minimum Gasteiger partial charge on any atom is -0.374 e. The van der Waals surface area contributed by atoms with Crippen molar-refractivity contribution >= 4 is 28.2 Å². The van der Waals surface area contributed by atoms with Crippen LogP contribution in [-0.2, 0) is 11.2 Å². The van der Waals surface area contributed by atoms with E-state index in [1.807, 2.05) is 0 Å². The molecule has 18 heavy (non-hydrogen) atoms. The Bertz CT molecular complexity index is 512. The minimum atomic E-state index is 0.208. The van der Waals surface area contributed by atoms with E-state index in [0.717, 1.165) is 10.1 Å². The summed E-state index contributed by atoms with van der Waals surface area (Å²) in [7, 11) is 0. The lowest BCUT2D eigenvalue weighted by atomic mass is 9.87. The van der Waals surface area contributed by atoms with Gasteiger partial charge in [-0.25, -0.2) is 0 Å². The normalized spacial score (nSPS) is 11.7. The molecular weight excluding hydrogens is 262 g/mol. The lowest BCUT2D eigenvalue weighted by Gasteiger charge is -2.19. The third-order valence-electron chi connectivity index (χ3n) is 2.60. The molecule has 1 aromatic heterocycles. The first-order chi connectivity index (χ1) is 8.45. The van der Waals surface area contributed by atoms with E-state index in [-0.39, 0.29) is 5.41 Å². The van der Waals surface area contributed by atoms with Gasteiger partial charge in [0.05, 0.1) is 0 Å². The smallest absolute Gasteiger partial charge is 0.203 e. The highest BCUT2D eigenvalue weighted by atomic mass is 32.2. The SMILES string of the molecule is CC(C)(C)c1ccc(CSc2nnc(N)s2)cc1. The molecule has 2 aromatic rings. The third kappa shape index (κ3) is 3.46. The van der Waals surface area contributed by atoms with E-state index in [2.05, 4.69) is 55.2 Å². The molecule has 2 rings (SSSR count). The van der Waals surface area contributed by atoms with E-state index in [0.29, 0.717) is 5.13 Å². The number of rotatable bonds is 3. The van der Waals surface area contributed by atoms with Crippen molar-refractivity contribution in [2.45, 2.75) is 36.3 Å². The number of benzene rings is 1. The molecule has 0 aliphatic heterocycles. The van der Waals surface area contributed by atoms with Crippen LogP contribution in [0.1, 0.15) is 31.9 Å². The molecule has 0 unspecified atom stereocenters. The highest BCUT2D eigenvalue weighted by Gasteiger charge is 2.12. The number of hydrogen-bond donors (Lipinski definition) is 1. The van der Waals surface area contributed by atoms with Crippen LogP contribution in [-0.4, -0.2) is 10.2 Å². The van der Waals surface area contributed by atoms with Crippen molar-refractivity contribution in [1.29, 1.82) is 0 Å². The fraction of sp³-hybridized carbons (Fsp3) is 0.385. The summed E-state index contributed by atoms with van der Waals surface area (Å²) in [6.07, 6.45) is 0. The Morgan fingerprint density at radius 3 is 2.33 bits per heavy atom. The number of nitrogens with zero attached hydrogens (tertiary/aromatic N) is 2. The van der Waals surface area contributed by atoms with Crippen LogP contribution < -0.4 is 5.73 Å². The van der Waals surface area contributed by atoms with Crippen LogP contribution in [0.3, 0.4) is 0 Å². The molecule has 1 aromatic carbocycles. The zero-order valence-electron chi connectivity index (χ0n) is 10.8. The van der Waals surface area contributed by atoms with E-state index in [1.165, 1.54) is 22.5 Å². The van der Waals surface area contributed by atoms with Crippen LogP contribution in [0.4, 0.5) is 5.13 Å². The standard InChI is InChI=1S/C13H17N3S2/c1-13(2,3)10-6-4-9(5-7-10)8-17-12-16-15-11(14)18-12/h4-7H,8H2,1-3H3,(H2,14,15). The van der Waals surface area contributed by atoms with E-state index in [1.54, 1.807) is 11.8 Å². The van der Waals surface area contributed by atoms with Crippen molar-refractivity contribution in [3.63, 3.8) is 0 Å². The second-order valence-electron chi connectivity index (χ2n) is 5.14. The van der Waals surface area contributed by atoms with Gasteiger partial charge < -0.3 is 5.73 Å². The second kappa shape index (κ2) is 5.28. The average Bonchev–Trinajstić information content (AvgIpc) is 2.72. The monoisotopic (exact) mass is 279 g/mol. The zero-order valence-corrected chi connectivity index (χ0v) is 12.4. The van der Waals surface area contributed by atoms with Gasteiger partial charge in [0, 0.05) is 5.75 Å². The number of aromatic nitrogens is 2. The summed E-state index contributed by atoms with van der Waals surface area (Å²) in [4.78, 5) is 0. The Hall–Kier alpha value is -1.07. The van der Waals surface area contributed by atoms with Gasteiger partial charge in [0.2, 0.25) is 5.13 Å². The molecule has 1 heterocycles.